The van der Waals surface area contributed by atoms with Crippen molar-refractivity contribution in [3.8, 4) is 0 Å². The van der Waals surface area contributed by atoms with Gasteiger partial charge in [-0.25, -0.2) is 0 Å². The molecule has 1 nitrogen and oxygen atoms in total. The minimum absolute atomic E-state index is 0.482. The van der Waals surface area contributed by atoms with E-state index in [0.29, 0.717) is 6.04 Å². The molecule has 96 valence electrons. The van der Waals surface area contributed by atoms with Crippen LogP contribution in [0, 0.1) is 0 Å². The summed E-state index contributed by atoms with van der Waals surface area (Å²) in [7, 11) is 2.06. The lowest BCUT2D eigenvalue weighted by molar-refractivity contribution is 0.558. The van der Waals surface area contributed by atoms with Gasteiger partial charge >= 0.3 is 0 Å². The zero-order valence-electron chi connectivity index (χ0n) is 11.1. The topological polar surface area (TPSA) is 12.0 Å². The van der Waals surface area contributed by atoms with E-state index >= 15 is 0 Å². The Balaban J connectivity index is 1.97. The van der Waals surface area contributed by atoms with E-state index in [0.717, 1.165) is 19.3 Å². The van der Waals surface area contributed by atoms with Gasteiger partial charge in [0.05, 0.1) is 0 Å². The molecule has 0 aliphatic carbocycles. The van der Waals surface area contributed by atoms with E-state index in [1.807, 2.05) is 11.3 Å². The molecule has 1 unspecified atom stereocenters. The van der Waals surface area contributed by atoms with Gasteiger partial charge in [-0.2, -0.15) is 0 Å². The lowest BCUT2D eigenvalue weighted by atomic mass is 10.0. The van der Waals surface area contributed by atoms with Crippen molar-refractivity contribution in [2.24, 2.45) is 0 Å². The summed E-state index contributed by atoms with van der Waals surface area (Å²) >= 11 is 1.94. The first kappa shape index (κ1) is 13.3. The molecule has 18 heavy (non-hydrogen) atoms. The van der Waals surface area contributed by atoms with Crippen molar-refractivity contribution in [3.63, 3.8) is 0 Å². The highest BCUT2D eigenvalue weighted by Gasteiger charge is 2.11. The summed E-state index contributed by atoms with van der Waals surface area (Å²) in [6.45, 7) is 2.22. The maximum atomic E-state index is 3.44. The lowest BCUT2D eigenvalue weighted by Crippen LogP contribution is -2.15. The second kappa shape index (κ2) is 6.72. The van der Waals surface area contributed by atoms with Gasteiger partial charge in [-0.1, -0.05) is 37.3 Å². The van der Waals surface area contributed by atoms with Crippen LogP contribution in [0.4, 0.5) is 0 Å². The van der Waals surface area contributed by atoms with E-state index in [2.05, 4.69) is 61.8 Å². The Labute approximate surface area is 114 Å². The van der Waals surface area contributed by atoms with Crippen LogP contribution in [0.2, 0.25) is 0 Å². The molecule has 0 saturated heterocycles. The third-order valence-electron chi connectivity index (χ3n) is 3.29. The molecule has 1 atom stereocenters. The minimum Gasteiger partial charge on any atom is -0.312 e. The molecule has 2 heteroatoms. The van der Waals surface area contributed by atoms with E-state index in [1.54, 1.807) is 0 Å². The minimum atomic E-state index is 0.482. The molecule has 0 spiro atoms. The third-order valence-corrected chi connectivity index (χ3v) is 4.63. The molecule has 0 aliphatic heterocycles. The zero-order valence-corrected chi connectivity index (χ0v) is 12.0. The first-order valence-electron chi connectivity index (χ1n) is 6.63. The maximum Gasteiger partial charge on any atom is 0.0415 e. The largest absolute Gasteiger partial charge is 0.312 e. The average Bonchev–Trinajstić information content (AvgIpc) is 2.89. The van der Waals surface area contributed by atoms with Crippen molar-refractivity contribution in [1.29, 1.82) is 0 Å². The predicted molar refractivity (Wildman–Crippen MR) is 80.3 cm³/mol. The summed E-state index contributed by atoms with van der Waals surface area (Å²) in [5, 5.41) is 3.44. The van der Waals surface area contributed by atoms with Crippen molar-refractivity contribution in [2.45, 2.75) is 32.2 Å². The summed E-state index contributed by atoms with van der Waals surface area (Å²) in [4.78, 5) is 2.94. The Hall–Kier alpha value is -1.12. The third kappa shape index (κ3) is 3.44. The van der Waals surface area contributed by atoms with Crippen LogP contribution in [0.1, 0.15) is 34.7 Å². The molecule has 0 saturated carbocycles. The summed E-state index contributed by atoms with van der Waals surface area (Å²) in [5.74, 6) is 0. The van der Waals surface area contributed by atoms with Crippen molar-refractivity contribution < 1.29 is 0 Å². The summed E-state index contributed by atoms with van der Waals surface area (Å²) in [6, 6.07) is 15.7. The zero-order chi connectivity index (χ0) is 12.8. The van der Waals surface area contributed by atoms with Crippen LogP contribution in [0.25, 0.3) is 0 Å². The van der Waals surface area contributed by atoms with E-state index in [4.69, 9.17) is 0 Å². The van der Waals surface area contributed by atoms with Crippen LogP contribution < -0.4 is 5.32 Å². The molecule has 2 rings (SSSR count). The molecular formula is C16H21NS. The number of nitrogens with one attached hydrogen (secondary N) is 1. The maximum absolute atomic E-state index is 3.44. The highest BCUT2D eigenvalue weighted by Crippen LogP contribution is 2.26. The quantitative estimate of drug-likeness (QED) is 0.819. The Morgan fingerprint density at radius 3 is 2.50 bits per heavy atom. The molecule has 0 fully saturated rings. The van der Waals surface area contributed by atoms with Gasteiger partial charge in [0.15, 0.2) is 0 Å². The monoisotopic (exact) mass is 259 g/mol. The van der Waals surface area contributed by atoms with Gasteiger partial charge in [0, 0.05) is 15.8 Å². The van der Waals surface area contributed by atoms with E-state index in [1.165, 1.54) is 15.3 Å². The highest BCUT2D eigenvalue weighted by atomic mass is 32.1. The lowest BCUT2D eigenvalue weighted by Gasteiger charge is -2.14. The van der Waals surface area contributed by atoms with Crippen LogP contribution >= 0.6 is 11.3 Å². The van der Waals surface area contributed by atoms with Crippen molar-refractivity contribution in [2.75, 3.05) is 7.05 Å². The molecule has 1 aromatic carbocycles. The molecule has 1 N–H and O–H groups in total. The SMILES string of the molecule is CCc1ccc(C(CCc2ccccc2)NC)s1. The van der Waals surface area contributed by atoms with E-state index in [-0.39, 0.29) is 0 Å². The van der Waals surface area contributed by atoms with Gasteiger partial charge in [0.2, 0.25) is 0 Å². The molecular weight excluding hydrogens is 238 g/mol. The van der Waals surface area contributed by atoms with Crippen molar-refractivity contribution in [1.82, 2.24) is 5.32 Å². The average molecular weight is 259 g/mol. The normalized spacial score (nSPS) is 12.6. The molecule has 1 aromatic heterocycles. The van der Waals surface area contributed by atoms with Gasteiger partial charge < -0.3 is 5.32 Å². The molecule has 0 aliphatic rings. The Morgan fingerprint density at radius 1 is 1.11 bits per heavy atom. The molecule has 0 amide bonds. The first-order chi connectivity index (χ1) is 8.83. The van der Waals surface area contributed by atoms with E-state index < -0.39 is 0 Å². The number of rotatable bonds is 6. The van der Waals surface area contributed by atoms with Gasteiger partial charge in [0.25, 0.3) is 0 Å². The summed E-state index contributed by atoms with van der Waals surface area (Å²) < 4.78 is 0. The number of thiophene rings is 1. The van der Waals surface area contributed by atoms with E-state index in [9.17, 15) is 0 Å². The second-order valence-electron chi connectivity index (χ2n) is 4.52. The highest BCUT2D eigenvalue weighted by molar-refractivity contribution is 7.12. The number of hydrogen-bond acceptors (Lipinski definition) is 2. The smallest absolute Gasteiger partial charge is 0.0415 e. The molecule has 0 bridgehead atoms. The van der Waals surface area contributed by atoms with Crippen LogP contribution in [0.15, 0.2) is 42.5 Å². The van der Waals surface area contributed by atoms with Crippen molar-refractivity contribution in [3.05, 3.63) is 57.8 Å². The molecule has 0 radical (unpaired) electrons. The van der Waals surface area contributed by atoms with Crippen LogP contribution in [-0.4, -0.2) is 7.05 Å². The fourth-order valence-corrected chi connectivity index (χ4v) is 3.25. The van der Waals surface area contributed by atoms with Gasteiger partial charge in [0.1, 0.15) is 0 Å². The van der Waals surface area contributed by atoms with Gasteiger partial charge in [-0.3, -0.25) is 0 Å². The van der Waals surface area contributed by atoms with Gasteiger partial charge in [-0.15, -0.1) is 11.3 Å². The van der Waals surface area contributed by atoms with Crippen LogP contribution in [0.5, 0.6) is 0 Å². The molecule has 1 heterocycles. The predicted octanol–water partition coefficient (Wildman–Crippen LogP) is 4.20. The Morgan fingerprint density at radius 2 is 1.89 bits per heavy atom. The summed E-state index contributed by atoms with van der Waals surface area (Å²) in [6.07, 6.45) is 3.43. The Bertz CT molecular complexity index is 461. The fraction of sp³-hybridized carbons (Fsp3) is 0.375. The first-order valence-corrected chi connectivity index (χ1v) is 7.45. The fourth-order valence-electron chi connectivity index (χ4n) is 2.16. The number of benzene rings is 1. The number of hydrogen-bond donors (Lipinski definition) is 1. The standard InChI is InChI=1S/C16H21NS/c1-3-14-10-12-16(18-14)15(17-2)11-9-13-7-5-4-6-8-13/h4-8,10,12,15,17H,3,9,11H2,1-2H3. The van der Waals surface area contributed by atoms with Crippen LogP contribution in [0.3, 0.4) is 0 Å². The van der Waals surface area contributed by atoms with Crippen LogP contribution in [-0.2, 0) is 12.8 Å². The summed E-state index contributed by atoms with van der Waals surface area (Å²) in [5.41, 5.74) is 1.42. The van der Waals surface area contributed by atoms with Gasteiger partial charge in [-0.05, 0) is 44.0 Å². The number of aryl methyl sites for hydroxylation is 2. The second-order valence-corrected chi connectivity index (χ2v) is 5.72. The van der Waals surface area contributed by atoms with Crippen molar-refractivity contribution >= 4 is 11.3 Å². The Kier molecular flexibility index (Phi) is 4.97. The molecule has 2 aromatic rings.